The molecule has 30 heavy (non-hydrogen) atoms. The van der Waals surface area contributed by atoms with Crippen molar-refractivity contribution < 1.29 is 9.53 Å². The Labute approximate surface area is 185 Å². The molecule has 0 fully saturated rings. The van der Waals surface area contributed by atoms with Crippen LogP contribution >= 0.6 is 27.5 Å². The second kappa shape index (κ2) is 8.41. The summed E-state index contributed by atoms with van der Waals surface area (Å²) in [4.78, 5) is 29.3. The average Bonchev–Trinajstić information content (AvgIpc) is 3.00. The summed E-state index contributed by atoms with van der Waals surface area (Å²) in [6, 6.07) is 14.5. The van der Waals surface area contributed by atoms with Gasteiger partial charge in [-0.3, -0.25) is 9.20 Å². The Bertz CT molecular complexity index is 1300. The summed E-state index contributed by atoms with van der Waals surface area (Å²) < 4.78 is 9.09. The lowest BCUT2D eigenvalue weighted by Gasteiger charge is -2.07. The molecule has 0 unspecified atom stereocenters. The smallest absolute Gasteiger partial charge is 0.343 e. The van der Waals surface area contributed by atoms with E-state index in [4.69, 9.17) is 16.3 Å². The first kappa shape index (κ1) is 20.3. The Morgan fingerprint density at radius 1 is 1.20 bits per heavy atom. The molecule has 0 aliphatic carbocycles. The molecule has 0 aliphatic heterocycles. The molecule has 152 valence electrons. The number of rotatable bonds is 5. The van der Waals surface area contributed by atoms with Crippen molar-refractivity contribution in [2.75, 3.05) is 0 Å². The zero-order chi connectivity index (χ0) is 21.3. The summed E-state index contributed by atoms with van der Waals surface area (Å²) in [6.07, 6.45) is 1.63. The van der Waals surface area contributed by atoms with Gasteiger partial charge in [0.2, 0.25) is 0 Å². The minimum absolute atomic E-state index is 0.153. The first-order valence-electron chi connectivity index (χ1n) is 9.04. The van der Waals surface area contributed by atoms with Crippen LogP contribution in [0.4, 0.5) is 0 Å². The molecule has 7 nitrogen and oxygen atoms in total. The quantitative estimate of drug-likeness (QED) is 0.397. The highest BCUT2D eigenvalue weighted by atomic mass is 79.9. The van der Waals surface area contributed by atoms with Gasteiger partial charge in [0, 0.05) is 16.7 Å². The second-order valence-corrected chi connectivity index (χ2v) is 7.91. The van der Waals surface area contributed by atoms with Gasteiger partial charge in [-0.05, 0) is 40.5 Å². The molecule has 0 radical (unpaired) electrons. The predicted octanol–water partition coefficient (Wildman–Crippen LogP) is 4.02. The first-order valence-corrected chi connectivity index (χ1v) is 10.2. The zero-order valence-corrected chi connectivity index (χ0v) is 18.2. The van der Waals surface area contributed by atoms with Gasteiger partial charge >= 0.3 is 5.97 Å². The lowest BCUT2D eigenvalue weighted by molar-refractivity contribution is 0.0467. The number of esters is 1. The summed E-state index contributed by atoms with van der Waals surface area (Å²) >= 11 is 9.72. The standard InChI is InChI=1S/C21H16BrClN4O3/c1-13-19(20(23)27(25-13)10-14-5-3-2-4-6-14)21(29)30-12-16-9-18(28)26-11-15(22)7-8-17(26)24-16/h2-9,11H,10,12H2,1H3. The van der Waals surface area contributed by atoms with Gasteiger partial charge in [-0.25, -0.2) is 14.5 Å². The Balaban J connectivity index is 1.53. The number of halogens is 2. The number of fused-ring (bicyclic) bond motifs is 1. The van der Waals surface area contributed by atoms with Gasteiger partial charge in [-0.1, -0.05) is 41.9 Å². The number of aromatic nitrogens is 4. The molecule has 9 heteroatoms. The Morgan fingerprint density at radius 3 is 2.73 bits per heavy atom. The van der Waals surface area contributed by atoms with Crippen LogP contribution in [0.25, 0.3) is 5.65 Å². The predicted molar refractivity (Wildman–Crippen MR) is 116 cm³/mol. The third-order valence-electron chi connectivity index (χ3n) is 4.47. The number of aryl methyl sites for hydroxylation is 1. The maximum absolute atomic E-state index is 12.6. The minimum atomic E-state index is -0.616. The zero-order valence-electron chi connectivity index (χ0n) is 15.9. The molecule has 0 amide bonds. The molecule has 4 aromatic rings. The lowest BCUT2D eigenvalue weighted by atomic mass is 10.2. The molecule has 1 aromatic carbocycles. The van der Waals surface area contributed by atoms with Crippen molar-refractivity contribution in [3.63, 3.8) is 0 Å². The van der Waals surface area contributed by atoms with Crippen LogP contribution in [-0.2, 0) is 17.9 Å². The summed E-state index contributed by atoms with van der Waals surface area (Å²) in [7, 11) is 0. The van der Waals surface area contributed by atoms with E-state index in [0.29, 0.717) is 23.6 Å². The molecule has 0 saturated carbocycles. The van der Waals surface area contributed by atoms with E-state index in [1.807, 2.05) is 30.3 Å². The van der Waals surface area contributed by atoms with E-state index in [1.54, 1.807) is 29.9 Å². The Kier molecular flexibility index (Phi) is 5.69. The van der Waals surface area contributed by atoms with E-state index in [0.717, 1.165) is 10.0 Å². The van der Waals surface area contributed by atoms with E-state index < -0.39 is 5.97 Å². The fraction of sp³-hybridized carbons (Fsp3) is 0.143. The van der Waals surface area contributed by atoms with Gasteiger partial charge in [0.1, 0.15) is 23.0 Å². The summed E-state index contributed by atoms with van der Waals surface area (Å²) in [5.41, 5.74) is 2.22. The molecule has 3 heterocycles. The number of pyridine rings is 1. The van der Waals surface area contributed by atoms with Crippen molar-refractivity contribution in [3.05, 3.63) is 97.2 Å². The van der Waals surface area contributed by atoms with Gasteiger partial charge < -0.3 is 4.74 Å². The number of hydrogen-bond acceptors (Lipinski definition) is 5. The van der Waals surface area contributed by atoms with Crippen molar-refractivity contribution in [1.82, 2.24) is 19.2 Å². The van der Waals surface area contributed by atoms with Crippen molar-refractivity contribution >= 4 is 39.1 Å². The van der Waals surface area contributed by atoms with Crippen LogP contribution in [-0.4, -0.2) is 25.1 Å². The van der Waals surface area contributed by atoms with Crippen LogP contribution in [0.3, 0.4) is 0 Å². The Morgan fingerprint density at radius 2 is 1.97 bits per heavy atom. The van der Waals surface area contributed by atoms with Crippen molar-refractivity contribution in [2.24, 2.45) is 0 Å². The number of hydrogen-bond donors (Lipinski definition) is 0. The number of nitrogens with zero attached hydrogens (tertiary/aromatic N) is 4. The summed E-state index contributed by atoms with van der Waals surface area (Å²) in [5, 5.41) is 4.56. The monoisotopic (exact) mass is 486 g/mol. The van der Waals surface area contributed by atoms with Gasteiger partial charge in [0.15, 0.2) is 0 Å². The highest BCUT2D eigenvalue weighted by Crippen LogP contribution is 2.22. The molecule has 0 bridgehead atoms. The van der Waals surface area contributed by atoms with Crippen LogP contribution in [0, 0.1) is 6.92 Å². The van der Waals surface area contributed by atoms with Crippen LogP contribution in [0.2, 0.25) is 5.15 Å². The maximum Gasteiger partial charge on any atom is 0.343 e. The third kappa shape index (κ3) is 4.15. The van der Waals surface area contributed by atoms with Crippen LogP contribution < -0.4 is 5.56 Å². The van der Waals surface area contributed by atoms with Gasteiger partial charge in [0.05, 0.1) is 17.9 Å². The van der Waals surface area contributed by atoms with Crippen LogP contribution in [0.5, 0.6) is 0 Å². The van der Waals surface area contributed by atoms with Crippen molar-refractivity contribution in [2.45, 2.75) is 20.1 Å². The normalized spacial score (nSPS) is 11.0. The Hall–Kier alpha value is -2.97. The summed E-state index contributed by atoms with van der Waals surface area (Å²) in [5.74, 6) is -0.616. The first-order chi connectivity index (χ1) is 14.4. The summed E-state index contributed by atoms with van der Waals surface area (Å²) in [6.45, 7) is 1.98. The minimum Gasteiger partial charge on any atom is -0.455 e. The van der Waals surface area contributed by atoms with Crippen LogP contribution in [0.15, 0.2) is 64.0 Å². The molecule has 0 spiro atoms. The van der Waals surface area contributed by atoms with E-state index in [-0.39, 0.29) is 22.9 Å². The van der Waals surface area contributed by atoms with Crippen LogP contribution in [0.1, 0.15) is 27.3 Å². The van der Waals surface area contributed by atoms with E-state index in [1.165, 1.54) is 10.5 Å². The number of carbonyl (C=O) groups excluding carboxylic acids is 1. The second-order valence-electron chi connectivity index (χ2n) is 6.63. The highest BCUT2D eigenvalue weighted by Gasteiger charge is 2.22. The third-order valence-corrected chi connectivity index (χ3v) is 5.33. The molecule has 0 saturated heterocycles. The molecule has 0 atom stereocenters. The van der Waals surface area contributed by atoms with Gasteiger partial charge in [0.25, 0.3) is 5.56 Å². The van der Waals surface area contributed by atoms with Crippen molar-refractivity contribution in [1.29, 1.82) is 0 Å². The fourth-order valence-corrected chi connectivity index (χ4v) is 3.71. The molecular weight excluding hydrogens is 472 g/mol. The van der Waals surface area contributed by atoms with E-state index >= 15 is 0 Å². The molecule has 3 aromatic heterocycles. The highest BCUT2D eigenvalue weighted by molar-refractivity contribution is 9.10. The maximum atomic E-state index is 12.6. The largest absolute Gasteiger partial charge is 0.455 e. The molecule has 4 rings (SSSR count). The average molecular weight is 488 g/mol. The molecule has 0 N–H and O–H groups in total. The number of benzene rings is 1. The molecule has 0 aliphatic rings. The van der Waals surface area contributed by atoms with Gasteiger partial charge in [-0.2, -0.15) is 5.10 Å². The topological polar surface area (TPSA) is 78.5 Å². The van der Waals surface area contributed by atoms with E-state index in [2.05, 4.69) is 26.0 Å². The van der Waals surface area contributed by atoms with Crippen molar-refractivity contribution in [3.8, 4) is 0 Å². The number of ether oxygens (including phenoxy) is 1. The lowest BCUT2D eigenvalue weighted by Crippen LogP contribution is -2.16. The number of carbonyl (C=O) groups is 1. The van der Waals surface area contributed by atoms with Gasteiger partial charge in [-0.15, -0.1) is 0 Å². The SMILES string of the molecule is Cc1nn(Cc2ccccc2)c(Cl)c1C(=O)OCc1cc(=O)n2cc(Br)ccc2n1. The van der Waals surface area contributed by atoms with E-state index in [9.17, 15) is 9.59 Å². The molecular formula is C21H16BrClN4O3. The fourth-order valence-electron chi connectivity index (χ4n) is 3.06.